The zero-order valence-corrected chi connectivity index (χ0v) is 17.2. The molecule has 2 atom stereocenters. The summed E-state index contributed by atoms with van der Waals surface area (Å²) in [6.45, 7) is 10.1. The van der Waals surface area contributed by atoms with Crippen LogP contribution in [0.1, 0.15) is 49.9 Å². The molecule has 1 N–H and O–H groups in total. The van der Waals surface area contributed by atoms with Crippen LogP contribution in [0.4, 0.5) is 0 Å². The highest BCUT2D eigenvalue weighted by atomic mass is 16.5. The van der Waals surface area contributed by atoms with E-state index in [1.165, 1.54) is 5.56 Å². The Kier molecular flexibility index (Phi) is 7.28. The summed E-state index contributed by atoms with van der Waals surface area (Å²) >= 11 is 0. The van der Waals surface area contributed by atoms with Crippen molar-refractivity contribution in [2.24, 2.45) is 5.92 Å². The maximum Gasteiger partial charge on any atom is 0.261 e. The van der Waals surface area contributed by atoms with Crippen LogP contribution in [0.15, 0.2) is 42.5 Å². The zero-order valence-electron chi connectivity index (χ0n) is 17.2. The van der Waals surface area contributed by atoms with Crippen molar-refractivity contribution in [1.82, 2.24) is 5.32 Å². The predicted molar refractivity (Wildman–Crippen MR) is 109 cm³/mol. The average molecular weight is 370 g/mol. The molecule has 2 rings (SSSR count). The van der Waals surface area contributed by atoms with Crippen LogP contribution in [0.3, 0.4) is 0 Å². The number of hydrogen-bond donors (Lipinski definition) is 1. The molecule has 146 valence electrons. The van der Waals surface area contributed by atoms with Gasteiger partial charge in [-0.05, 0) is 62.4 Å². The third-order valence-electron chi connectivity index (χ3n) is 4.55. The van der Waals surface area contributed by atoms with Crippen molar-refractivity contribution in [1.29, 1.82) is 0 Å². The maximum atomic E-state index is 12.8. The minimum Gasteiger partial charge on any atom is -0.497 e. The summed E-state index contributed by atoms with van der Waals surface area (Å²) in [5, 5.41) is 3.15. The van der Waals surface area contributed by atoms with E-state index in [0.717, 1.165) is 29.0 Å². The van der Waals surface area contributed by atoms with Gasteiger partial charge < -0.3 is 14.8 Å². The van der Waals surface area contributed by atoms with Crippen molar-refractivity contribution < 1.29 is 14.3 Å². The van der Waals surface area contributed by atoms with Crippen LogP contribution in [0.25, 0.3) is 0 Å². The maximum absolute atomic E-state index is 12.8. The Morgan fingerprint density at radius 1 is 1.04 bits per heavy atom. The van der Waals surface area contributed by atoms with Gasteiger partial charge in [-0.2, -0.15) is 0 Å². The number of rotatable bonds is 8. The summed E-state index contributed by atoms with van der Waals surface area (Å²) in [7, 11) is 1.65. The second-order valence-corrected chi connectivity index (χ2v) is 7.49. The van der Waals surface area contributed by atoms with E-state index >= 15 is 0 Å². The molecule has 2 aromatic rings. The number of aryl methyl sites for hydroxylation is 2. The molecule has 0 heterocycles. The van der Waals surface area contributed by atoms with E-state index in [2.05, 4.69) is 25.2 Å². The monoisotopic (exact) mass is 369 g/mol. The average Bonchev–Trinajstić information content (AvgIpc) is 2.63. The fourth-order valence-corrected chi connectivity index (χ4v) is 3.05. The number of methoxy groups -OCH3 is 1. The molecule has 4 heteroatoms. The lowest BCUT2D eigenvalue weighted by atomic mass is 9.96. The molecule has 0 bridgehead atoms. The Balaban J connectivity index is 2.09. The van der Waals surface area contributed by atoms with Gasteiger partial charge in [-0.3, -0.25) is 4.79 Å². The number of benzene rings is 2. The number of carbonyl (C=O) groups excluding carboxylic acids is 1. The smallest absolute Gasteiger partial charge is 0.261 e. The van der Waals surface area contributed by atoms with E-state index in [4.69, 9.17) is 9.47 Å². The quantitative estimate of drug-likeness (QED) is 0.714. The van der Waals surface area contributed by atoms with Gasteiger partial charge in [-0.25, -0.2) is 0 Å². The summed E-state index contributed by atoms with van der Waals surface area (Å²) in [5.74, 6) is 1.89. The zero-order chi connectivity index (χ0) is 20.0. The number of carbonyl (C=O) groups is 1. The number of hydrogen-bond acceptors (Lipinski definition) is 3. The Labute approximate surface area is 162 Å². The second-order valence-electron chi connectivity index (χ2n) is 7.49. The van der Waals surface area contributed by atoms with Gasteiger partial charge in [0.15, 0.2) is 6.10 Å². The van der Waals surface area contributed by atoms with Gasteiger partial charge in [-0.15, -0.1) is 0 Å². The molecule has 0 fully saturated rings. The van der Waals surface area contributed by atoms with Crippen LogP contribution in [-0.4, -0.2) is 19.1 Å². The fraction of sp³-hybridized carbons (Fsp3) is 0.435. The van der Waals surface area contributed by atoms with Gasteiger partial charge in [0, 0.05) is 0 Å². The van der Waals surface area contributed by atoms with Crippen LogP contribution >= 0.6 is 0 Å². The lowest BCUT2D eigenvalue weighted by Crippen LogP contribution is -2.39. The van der Waals surface area contributed by atoms with Crippen LogP contribution in [0.5, 0.6) is 11.5 Å². The summed E-state index contributed by atoms with van der Waals surface area (Å²) < 4.78 is 11.1. The molecule has 0 saturated carbocycles. The van der Waals surface area contributed by atoms with Gasteiger partial charge in [0.25, 0.3) is 5.91 Å². The SMILES string of the molecule is COc1ccc([C@@H](CC(C)C)NC(=O)[C@H](C)Oc2ccc(C)cc2C)cc1. The first kappa shape index (κ1) is 20.8. The molecule has 1 amide bonds. The molecule has 4 nitrogen and oxygen atoms in total. The van der Waals surface area contributed by atoms with Gasteiger partial charge in [0.05, 0.1) is 13.2 Å². The number of nitrogens with one attached hydrogen (secondary N) is 1. The Morgan fingerprint density at radius 3 is 2.26 bits per heavy atom. The van der Waals surface area contributed by atoms with E-state index in [-0.39, 0.29) is 11.9 Å². The van der Waals surface area contributed by atoms with Crippen LogP contribution in [-0.2, 0) is 4.79 Å². The first-order valence-corrected chi connectivity index (χ1v) is 9.48. The van der Waals surface area contributed by atoms with E-state index < -0.39 is 6.10 Å². The molecular formula is C23H31NO3. The Morgan fingerprint density at radius 2 is 1.70 bits per heavy atom. The minimum absolute atomic E-state index is 0.0615. The van der Waals surface area contributed by atoms with Gasteiger partial charge in [0.2, 0.25) is 0 Å². The van der Waals surface area contributed by atoms with E-state index in [1.807, 2.05) is 50.2 Å². The van der Waals surface area contributed by atoms with Crippen molar-refractivity contribution in [2.75, 3.05) is 7.11 Å². The van der Waals surface area contributed by atoms with Crippen molar-refractivity contribution in [3.63, 3.8) is 0 Å². The van der Waals surface area contributed by atoms with E-state index in [1.54, 1.807) is 14.0 Å². The highest BCUT2D eigenvalue weighted by Crippen LogP contribution is 2.25. The Hall–Kier alpha value is -2.49. The lowest BCUT2D eigenvalue weighted by molar-refractivity contribution is -0.128. The molecule has 0 unspecified atom stereocenters. The molecule has 0 aliphatic heterocycles. The Bertz CT molecular complexity index is 753. The number of amides is 1. The van der Waals surface area contributed by atoms with Gasteiger partial charge >= 0.3 is 0 Å². The molecule has 0 radical (unpaired) electrons. The summed E-state index contributed by atoms with van der Waals surface area (Å²) in [5.41, 5.74) is 3.27. The summed E-state index contributed by atoms with van der Waals surface area (Å²) in [6, 6.07) is 13.8. The first-order chi connectivity index (χ1) is 12.8. The molecule has 2 aromatic carbocycles. The van der Waals surface area contributed by atoms with Crippen LogP contribution in [0, 0.1) is 19.8 Å². The number of ether oxygens (including phenoxy) is 2. The topological polar surface area (TPSA) is 47.6 Å². The normalized spacial score (nSPS) is 13.1. The van der Waals surface area contributed by atoms with Crippen LogP contribution < -0.4 is 14.8 Å². The molecule has 0 aliphatic carbocycles. The van der Waals surface area contributed by atoms with Crippen molar-refractivity contribution in [3.05, 3.63) is 59.2 Å². The van der Waals surface area contributed by atoms with Crippen LogP contribution in [0.2, 0.25) is 0 Å². The molecule has 0 saturated heterocycles. The molecule has 0 spiro atoms. The van der Waals surface area contributed by atoms with Crippen molar-refractivity contribution >= 4 is 5.91 Å². The third-order valence-corrected chi connectivity index (χ3v) is 4.55. The molecule has 0 aromatic heterocycles. The first-order valence-electron chi connectivity index (χ1n) is 9.48. The second kappa shape index (κ2) is 9.45. The van der Waals surface area contributed by atoms with Crippen molar-refractivity contribution in [3.8, 4) is 11.5 Å². The summed E-state index contributed by atoms with van der Waals surface area (Å²) in [6.07, 6.45) is 0.285. The predicted octanol–water partition coefficient (Wildman–Crippen LogP) is 4.98. The van der Waals surface area contributed by atoms with Gasteiger partial charge in [0.1, 0.15) is 11.5 Å². The van der Waals surface area contributed by atoms with E-state index in [0.29, 0.717) is 5.92 Å². The van der Waals surface area contributed by atoms with Gasteiger partial charge in [-0.1, -0.05) is 43.7 Å². The highest BCUT2D eigenvalue weighted by Gasteiger charge is 2.21. The highest BCUT2D eigenvalue weighted by molar-refractivity contribution is 5.81. The largest absolute Gasteiger partial charge is 0.497 e. The molecular weight excluding hydrogens is 338 g/mol. The molecule has 27 heavy (non-hydrogen) atoms. The van der Waals surface area contributed by atoms with Crippen molar-refractivity contribution in [2.45, 2.75) is 53.2 Å². The molecule has 0 aliphatic rings. The summed E-state index contributed by atoms with van der Waals surface area (Å²) in [4.78, 5) is 12.8. The fourth-order valence-electron chi connectivity index (χ4n) is 3.05. The minimum atomic E-state index is -0.570. The standard InChI is InChI=1S/C23H31NO3/c1-15(2)13-21(19-8-10-20(26-6)11-9-19)24-23(25)18(5)27-22-12-7-16(3)14-17(22)4/h7-12,14-15,18,21H,13H2,1-6H3,(H,24,25)/t18-,21+/m0/s1. The van der Waals surface area contributed by atoms with E-state index in [9.17, 15) is 4.79 Å². The third kappa shape index (κ3) is 6.02. The lowest BCUT2D eigenvalue weighted by Gasteiger charge is -2.24.